The summed E-state index contributed by atoms with van der Waals surface area (Å²) in [6.07, 6.45) is 2.93. The number of anilines is 1. The predicted octanol–water partition coefficient (Wildman–Crippen LogP) is 2.84. The first-order chi connectivity index (χ1) is 10.5. The number of pyridine rings is 1. The van der Waals surface area contributed by atoms with Gasteiger partial charge in [-0.2, -0.15) is 0 Å². The summed E-state index contributed by atoms with van der Waals surface area (Å²) in [4.78, 5) is 27.5. The number of nitrogens with zero attached hydrogens (tertiary/aromatic N) is 1. The normalized spacial score (nSPS) is 9.95. The van der Waals surface area contributed by atoms with Crippen LogP contribution in [0.5, 0.6) is 5.75 Å². The molecule has 3 amide bonds. The largest absolute Gasteiger partial charge is 0.496 e. The van der Waals surface area contributed by atoms with E-state index in [1.165, 1.54) is 25.6 Å². The Morgan fingerprint density at radius 3 is 2.77 bits per heavy atom. The number of rotatable bonds is 3. The van der Waals surface area contributed by atoms with Crippen molar-refractivity contribution in [3.05, 3.63) is 53.1 Å². The van der Waals surface area contributed by atoms with Gasteiger partial charge in [0.1, 0.15) is 17.1 Å². The van der Waals surface area contributed by atoms with Crippen molar-refractivity contribution in [2.24, 2.45) is 0 Å². The van der Waals surface area contributed by atoms with E-state index in [2.05, 4.69) is 10.3 Å². The van der Waals surface area contributed by atoms with Crippen LogP contribution in [0.4, 0.5) is 14.9 Å². The van der Waals surface area contributed by atoms with Crippen molar-refractivity contribution in [3.8, 4) is 5.75 Å². The molecule has 1 heterocycles. The van der Waals surface area contributed by atoms with Gasteiger partial charge in [-0.1, -0.05) is 11.6 Å². The van der Waals surface area contributed by atoms with E-state index in [4.69, 9.17) is 16.3 Å². The summed E-state index contributed by atoms with van der Waals surface area (Å²) < 4.78 is 18.8. The van der Waals surface area contributed by atoms with Gasteiger partial charge in [-0.25, -0.2) is 9.18 Å². The molecule has 6 nitrogen and oxygen atoms in total. The first kappa shape index (κ1) is 15.7. The van der Waals surface area contributed by atoms with Gasteiger partial charge in [0.15, 0.2) is 0 Å². The van der Waals surface area contributed by atoms with Crippen molar-refractivity contribution >= 4 is 29.2 Å². The van der Waals surface area contributed by atoms with Crippen molar-refractivity contribution in [1.29, 1.82) is 0 Å². The van der Waals surface area contributed by atoms with Gasteiger partial charge >= 0.3 is 6.03 Å². The highest BCUT2D eigenvalue weighted by atomic mass is 35.5. The Kier molecular flexibility index (Phi) is 4.90. The van der Waals surface area contributed by atoms with Crippen LogP contribution < -0.4 is 15.4 Å². The molecule has 2 N–H and O–H groups in total. The average Bonchev–Trinajstić information content (AvgIpc) is 2.46. The van der Waals surface area contributed by atoms with Gasteiger partial charge in [-0.05, 0) is 24.3 Å². The van der Waals surface area contributed by atoms with Crippen LogP contribution in [0.1, 0.15) is 10.4 Å². The lowest BCUT2D eigenvalue weighted by molar-refractivity contribution is 0.0960. The molecule has 1 aromatic carbocycles. The molecule has 0 atom stereocenters. The second kappa shape index (κ2) is 6.86. The van der Waals surface area contributed by atoms with Gasteiger partial charge in [-0.3, -0.25) is 15.1 Å². The first-order valence-electron chi connectivity index (χ1n) is 6.06. The molecule has 0 aliphatic heterocycles. The van der Waals surface area contributed by atoms with Crippen LogP contribution >= 0.6 is 11.6 Å². The van der Waals surface area contributed by atoms with E-state index in [0.717, 1.165) is 6.07 Å². The maximum absolute atomic E-state index is 13.9. The number of hydrogen-bond acceptors (Lipinski definition) is 4. The molecule has 0 saturated heterocycles. The smallest absolute Gasteiger partial charge is 0.326 e. The van der Waals surface area contributed by atoms with Crippen LogP contribution in [0.3, 0.4) is 0 Å². The Labute approximate surface area is 130 Å². The summed E-state index contributed by atoms with van der Waals surface area (Å²) in [6, 6.07) is 4.60. The molecule has 0 aliphatic rings. The summed E-state index contributed by atoms with van der Waals surface area (Å²) in [5.74, 6) is -1.92. The van der Waals surface area contributed by atoms with Gasteiger partial charge in [0.05, 0.1) is 19.0 Å². The molecule has 22 heavy (non-hydrogen) atoms. The van der Waals surface area contributed by atoms with Crippen LogP contribution in [0, 0.1) is 5.82 Å². The minimum absolute atomic E-state index is 0.0725. The van der Waals surface area contributed by atoms with Gasteiger partial charge in [0.2, 0.25) is 0 Å². The molecular weight excluding hydrogens is 313 g/mol. The van der Waals surface area contributed by atoms with E-state index in [9.17, 15) is 14.0 Å². The van der Waals surface area contributed by atoms with E-state index in [-0.39, 0.29) is 10.8 Å². The monoisotopic (exact) mass is 323 g/mol. The van der Waals surface area contributed by atoms with Crippen molar-refractivity contribution in [1.82, 2.24) is 10.3 Å². The molecule has 0 saturated carbocycles. The summed E-state index contributed by atoms with van der Waals surface area (Å²) in [7, 11) is 1.26. The molecule has 0 fully saturated rings. The third-order valence-electron chi connectivity index (χ3n) is 2.61. The Morgan fingerprint density at radius 1 is 1.36 bits per heavy atom. The number of benzene rings is 1. The first-order valence-corrected chi connectivity index (χ1v) is 6.44. The lowest BCUT2D eigenvalue weighted by Gasteiger charge is -2.10. The number of halogens is 2. The summed E-state index contributed by atoms with van der Waals surface area (Å²) in [6.45, 7) is 0. The van der Waals surface area contributed by atoms with Gasteiger partial charge in [0.25, 0.3) is 5.91 Å². The highest BCUT2D eigenvalue weighted by molar-refractivity contribution is 6.31. The number of ether oxygens (including phenoxy) is 1. The fraction of sp³-hybridized carbons (Fsp3) is 0.0714. The molecule has 1 aromatic heterocycles. The number of hydrogen-bond donors (Lipinski definition) is 2. The van der Waals surface area contributed by atoms with Crippen molar-refractivity contribution in [2.75, 3.05) is 12.4 Å². The van der Waals surface area contributed by atoms with Gasteiger partial charge in [0, 0.05) is 11.2 Å². The van der Waals surface area contributed by atoms with Gasteiger partial charge < -0.3 is 10.1 Å². The minimum atomic E-state index is -0.951. The maximum atomic E-state index is 13.9. The number of amides is 3. The Balaban J connectivity index is 2.14. The lowest BCUT2D eigenvalue weighted by atomic mass is 10.1. The van der Waals surface area contributed by atoms with Crippen LogP contribution in [-0.2, 0) is 0 Å². The molecule has 2 aromatic rings. The third kappa shape index (κ3) is 3.70. The number of carbonyl (C=O) groups excluding carboxylic acids is 2. The van der Waals surface area contributed by atoms with Crippen molar-refractivity contribution < 1.29 is 18.7 Å². The Bertz CT molecular complexity index is 710. The maximum Gasteiger partial charge on any atom is 0.326 e. The zero-order chi connectivity index (χ0) is 16.1. The van der Waals surface area contributed by atoms with Crippen LogP contribution in [0.2, 0.25) is 5.02 Å². The Morgan fingerprint density at radius 2 is 2.14 bits per heavy atom. The lowest BCUT2D eigenvalue weighted by Crippen LogP contribution is -2.35. The fourth-order valence-electron chi connectivity index (χ4n) is 1.70. The van der Waals surface area contributed by atoms with Crippen molar-refractivity contribution in [3.63, 3.8) is 0 Å². The molecule has 8 heteroatoms. The zero-order valence-corrected chi connectivity index (χ0v) is 12.1. The molecule has 114 valence electrons. The summed E-state index contributed by atoms with van der Waals surface area (Å²) in [5.41, 5.74) is -0.0235. The number of carbonyl (C=O) groups is 2. The van der Waals surface area contributed by atoms with E-state index in [0.29, 0.717) is 5.69 Å². The number of methoxy groups -OCH3 is 1. The molecule has 0 spiro atoms. The SMILES string of the molecule is COc1cc(Cl)cc(F)c1C(=O)NC(=O)Nc1cccnc1. The standard InChI is InChI=1S/C14H11ClFN3O3/c1-22-11-6-8(15)5-10(16)12(11)13(20)19-14(21)18-9-3-2-4-17-7-9/h2-7H,1H3,(H2,18,19,20,21). The Hall–Kier alpha value is -2.67. The summed E-state index contributed by atoms with van der Waals surface area (Å²) >= 11 is 5.68. The van der Waals surface area contributed by atoms with Crippen LogP contribution in [0.15, 0.2) is 36.7 Å². The van der Waals surface area contributed by atoms with E-state index >= 15 is 0 Å². The predicted molar refractivity (Wildman–Crippen MR) is 78.7 cm³/mol. The van der Waals surface area contributed by atoms with E-state index in [1.54, 1.807) is 12.1 Å². The third-order valence-corrected chi connectivity index (χ3v) is 2.83. The second-order valence-electron chi connectivity index (χ2n) is 4.11. The average molecular weight is 324 g/mol. The summed E-state index contributed by atoms with van der Waals surface area (Å²) in [5, 5.41) is 4.46. The molecule has 0 unspecified atom stereocenters. The molecular formula is C14H11ClFN3O3. The minimum Gasteiger partial charge on any atom is -0.496 e. The number of urea groups is 1. The number of imide groups is 1. The molecule has 2 rings (SSSR count). The highest BCUT2D eigenvalue weighted by Gasteiger charge is 2.21. The van der Waals surface area contributed by atoms with Crippen LogP contribution in [-0.4, -0.2) is 24.0 Å². The van der Waals surface area contributed by atoms with Crippen molar-refractivity contribution in [2.45, 2.75) is 0 Å². The second-order valence-corrected chi connectivity index (χ2v) is 4.55. The molecule has 0 aliphatic carbocycles. The van der Waals surface area contributed by atoms with E-state index in [1.807, 2.05) is 5.32 Å². The number of nitrogens with one attached hydrogen (secondary N) is 2. The fourth-order valence-corrected chi connectivity index (χ4v) is 1.89. The number of aromatic nitrogens is 1. The zero-order valence-electron chi connectivity index (χ0n) is 11.4. The molecule has 0 bridgehead atoms. The quantitative estimate of drug-likeness (QED) is 0.910. The topological polar surface area (TPSA) is 80.3 Å². The van der Waals surface area contributed by atoms with E-state index < -0.39 is 23.3 Å². The highest BCUT2D eigenvalue weighted by Crippen LogP contribution is 2.26. The van der Waals surface area contributed by atoms with Crippen LogP contribution in [0.25, 0.3) is 0 Å². The molecule has 0 radical (unpaired) electrons. The van der Waals surface area contributed by atoms with Gasteiger partial charge in [-0.15, -0.1) is 0 Å².